The van der Waals surface area contributed by atoms with E-state index in [0.717, 1.165) is 23.5 Å². The maximum atomic E-state index is 11.9. The molecule has 1 unspecified atom stereocenters. The van der Waals surface area contributed by atoms with E-state index >= 15 is 0 Å². The summed E-state index contributed by atoms with van der Waals surface area (Å²) < 4.78 is 5.57. The summed E-state index contributed by atoms with van der Waals surface area (Å²) in [7, 11) is 1.73. The molecule has 20 heavy (non-hydrogen) atoms. The Kier molecular flexibility index (Phi) is 5.75. The van der Waals surface area contributed by atoms with E-state index in [2.05, 4.69) is 5.32 Å². The first kappa shape index (κ1) is 15.7. The van der Waals surface area contributed by atoms with Crippen molar-refractivity contribution < 1.29 is 9.53 Å². The zero-order chi connectivity index (χ0) is 14.4. The molecule has 0 spiro atoms. The van der Waals surface area contributed by atoms with Gasteiger partial charge in [-0.1, -0.05) is 23.7 Å². The van der Waals surface area contributed by atoms with E-state index in [0.29, 0.717) is 24.4 Å². The average Bonchev–Trinajstić information content (AvgIpc) is 2.92. The van der Waals surface area contributed by atoms with Crippen molar-refractivity contribution in [2.75, 3.05) is 25.2 Å². The molecular formula is C15H20ClNO2S. The third kappa shape index (κ3) is 4.40. The molecule has 1 aliphatic heterocycles. The molecule has 1 N–H and O–H groups in total. The molecular weight excluding hydrogens is 294 g/mol. The monoisotopic (exact) mass is 313 g/mol. The summed E-state index contributed by atoms with van der Waals surface area (Å²) in [6.45, 7) is 0.602. The molecule has 1 fully saturated rings. The average molecular weight is 314 g/mol. The van der Waals surface area contributed by atoms with Gasteiger partial charge in [-0.25, -0.2) is 0 Å². The molecule has 0 aromatic heterocycles. The first-order valence-corrected chi connectivity index (χ1v) is 8.31. The number of halogens is 1. The third-order valence-corrected chi connectivity index (χ3v) is 5.10. The van der Waals surface area contributed by atoms with Crippen LogP contribution < -0.4 is 5.32 Å². The van der Waals surface area contributed by atoms with Crippen molar-refractivity contribution >= 4 is 29.3 Å². The molecule has 5 heteroatoms. The molecule has 1 aliphatic rings. The Hall–Kier alpha value is -0.710. The fourth-order valence-corrected chi connectivity index (χ4v) is 3.87. The first-order valence-electron chi connectivity index (χ1n) is 6.78. The van der Waals surface area contributed by atoms with Crippen LogP contribution in [0.2, 0.25) is 5.02 Å². The summed E-state index contributed by atoms with van der Waals surface area (Å²) in [6.07, 6.45) is 2.19. The van der Waals surface area contributed by atoms with Crippen molar-refractivity contribution in [2.45, 2.75) is 24.9 Å². The predicted molar refractivity (Wildman–Crippen MR) is 84.5 cm³/mol. The molecule has 110 valence electrons. The smallest absolute Gasteiger partial charge is 0.220 e. The van der Waals surface area contributed by atoms with Crippen LogP contribution >= 0.6 is 23.4 Å². The molecule has 2 rings (SSSR count). The molecule has 0 aliphatic carbocycles. The topological polar surface area (TPSA) is 38.3 Å². The van der Waals surface area contributed by atoms with Crippen LogP contribution in [0.5, 0.6) is 0 Å². The van der Waals surface area contributed by atoms with Gasteiger partial charge in [0, 0.05) is 30.9 Å². The molecule has 1 amide bonds. The van der Waals surface area contributed by atoms with E-state index in [1.54, 1.807) is 7.11 Å². The SMILES string of the molecule is COC1(CNC(=O)CCc2cccc(Cl)c2)CCSC1. The number of amides is 1. The van der Waals surface area contributed by atoms with Gasteiger partial charge in [0.2, 0.25) is 5.91 Å². The van der Waals surface area contributed by atoms with E-state index in [-0.39, 0.29) is 11.5 Å². The minimum Gasteiger partial charge on any atom is -0.376 e. The molecule has 1 aromatic carbocycles. The van der Waals surface area contributed by atoms with Gasteiger partial charge in [-0.2, -0.15) is 11.8 Å². The highest BCUT2D eigenvalue weighted by atomic mass is 35.5. The molecule has 1 atom stereocenters. The molecule has 1 aromatic rings. The van der Waals surface area contributed by atoms with Crippen molar-refractivity contribution in [3.05, 3.63) is 34.9 Å². The first-order chi connectivity index (χ1) is 9.63. The maximum Gasteiger partial charge on any atom is 0.220 e. The van der Waals surface area contributed by atoms with Gasteiger partial charge < -0.3 is 10.1 Å². The van der Waals surface area contributed by atoms with E-state index in [4.69, 9.17) is 16.3 Å². The van der Waals surface area contributed by atoms with E-state index < -0.39 is 0 Å². The summed E-state index contributed by atoms with van der Waals surface area (Å²) in [5, 5.41) is 3.70. The van der Waals surface area contributed by atoms with Gasteiger partial charge in [-0.05, 0) is 36.3 Å². The Balaban J connectivity index is 1.75. The second kappa shape index (κ2) is 7.34. The van der Waals surface area contributed by atoms with Gasteiger partial charge in [0.05, 0.1) is 5.60 Å². The minimum absolute atomic E-state index is 0.0679. The van der Waals surface area contributed by atoms with Crippen LogP contribution in [-0.4, -0.2) is 36.7 Å². The van der Waals surface area contributed by atoms with Crippen LogP contribution in [0.4, 0.5) is 0 Å². The van der Waals surface area contributed by atoms with Crippen molar-refractivity contribution in [1.82, 2.24) is 5.32 Å². The van der Waals surface area contributed by atoms with Gasteiger partial charge in [0.25, 0.3) is 0 Å². The number of carbonyl (C=O) groups is 1. The Labute approximate surface area is 129 Å². The van der Waals surface area contributed by atoms with E-state index in [1.807, 2.05) is 36.0 Å². The number of rotatable bonds is 6. The Morgan fingerprint density at radius 3 is 3.05 bits per heavy atom. The zero-order valence-corrected chi connectivity index (χ0v) is 13.2. The van der Waals surface area contributed by atoms with Crippen LogP contribution in [0.3, 0.4) is 0 Å². The number of hydrogen-bond acceptors (Lipinski definition) is 3. The number of carbonyl (C=O) groups excluding carboxylic acids is 1. The fraction of sp³-hybridized carbons (Fsp3) is 0.533. The number of hydrogen-bond donors (Lipinski definition) is 1. The molecule has 0 bridgehead atoms. The minimum atomic E-state index is -0.170. The standard InChI is InChI=1S/C15H20ClNO2S/c1-19-15(7-8-20-11-15)10-17-14(18)6-5-12-3-2-4-13(16)9-12/h2-4,9H,5-8,10-11H2,1H3,(H,17,18). The van der Waals surface area contributed by atoms with Crippen molar-refractivity contribution in [3.8, 4) is 0 Å². The number of methoxy groups -OCH3 is 1. The summed E-state index contributed by atoms with van der Waals surface area (Å²) in [4.78, 5) is 11.9. The Bertz CT molecular complexity index is 461. The third-order valence-electron chi connectivity index (χ3n) is 3.64. The predicted octanol–water partition coefficient (Wildman–Crippen LogP) is 2.91. The van der Waals surface area contributed by atoms with E-state index in [1.165, 1.54) is 0 Å². The second-order valence-electron chi connectivity index (χ2n) is 5.10. The van der Waals surface area contributed by atoms with Gasteiger partial charge in [0.15, 0.2) is 0 Å². The zero-order valence-electron chi connectivity index (χ0n) is 11.7. The number of thioether (sulfide) groups is 1. The molecule has 0 radical (unpaired) electrons. The molecule has 1 heterocycles. The van der Waals surface area contributed by atoms with Crippen molar-refractivity contribution in [2.24, 2.45) is 0 Å². The normalized spacial score (nSPS) is 21.9. The van der Waals surface area contributed by atoms with Crippen molar-refractivity contribution in [3.63, 3.8) is 0 Å². The van der Waals surface area contributed by atoms with Gasteiger partial charge in [-0.3, -0.25) is 4.79 Å². The number of aryl methyl sites for hydroxylation is 1. The highest BCUT2D eigenvalue weighted by Crippen LogP contribution is 2.30. The lowest BCUT2D eigenvalue weighted by Crippen LogP contribution is -2.44. The lowest BCUT2D eigenvalue weighted by molar-refractivity contribution is -0.122. The highest BCUT2D eigenvalue weighted by molar-refractivity contribution is 7.99. The highest BCUT2D eigenvalue weighted by Gasteiger charge is 2.34. The van der Waals surface area contributed by atoms with Gasteiger partial charge in [-0.15, -0.1) is 0 Å². The Morgan fingerprint density at radius 1 is 1.55 bits per heavy atom. The maximum absolute atomic E-state index is 11.9. The second-order valence-corrected chi connectivity index (χ2v) is 6.64. The fourth-order valence-electron chi connectivity index (χ4n) is 2.26. The Morgan fingerprint density at radius 2 is 2.40 bits per heavy atom. The molecule has 0 saturated carbocycles. The van der Waals surface area contributed by atoms with Crippen LogP contribution in [-0.2, 0) is 16.0 Å². The lowest BCUT2D eigenvalue weighted by atomic mass is 10.0. The van der Waals surface area contributed by atoms with Crippen LogP contribution in [0.25, 0.3) is 0 Å². The quantitative estimate of drug-likeness (QED) is 0.877. The number of ether oxygens (including phenoxy) is 1. The largest absolute Gasteiger partial charge is 0.376 e. The summed E-state index contributed by atoms with van der Waals surface area (Å²) in [5.41, 5.74) is 0.918. The van der Waals surface area contributed by atoms with Crippen molar-refractivity contribution in [1.29, 1.82) is 0 Å². The van der Waals surface area contributed by atoms with E-state index in [9.17, 15) is 4.79 Å². The number of benzene rings is 1. The molecule has 1 saturated heterocycles. The summed E-state index contributed by atoms with van der Waals surface area (Å²) >= 11 is 7.80. The van der Waals surface area contributed by atoms with Gasteiger partial charge >= 0.3 is 0 Å². The lowest BCUT2D eigenvalue weighted by Gasteiger charge is -2.26. The summed E-state index contributed by atoms with van der Waals surface area (Å²) in [5.74, 6) is 2.13. The van der Waals surface area contributed by atoms with Crippen LogP contribution in [0.1, 0.15) is 18.4 Å². The number of nitrogens with one attached hydrogen (secondary N) is 1. The van der Waals surface area contributed by atoms with Crippen LogP contribution in [0.15, 0.2) is 24.3 Å². The summed E-state index contributed by atoms with van der Waals surface area (Å²) in [6, 6.07) is 7.64. The molecule has 3 nitrogen and oxygen atoms in total. The van der Waals surface area contributed by atoms with Crippen LogP contribution in [0, 0.1) is 0 Å². The van der Waals surface area contributed by atoms with Gasteiger partial charge in [0.1, 0.15) is 0 Å².